The minimum absolute atomic E-state index is 0.0126. The van der Waals surface area contributed by atoms with E-state index >= 15 is 0 Å². The van der Waals surface area contributed by atoms with Crippen molar-refractivity contribution in [2.45, 2.75) is 148 Å². The second kappa shape index (κ2) is 22.6. The number of carbonyl (C=O) groups is 1. The predicted molar refractivity (Wildman–Crippen MR) is 129 cm³/mol. The number of esters is 1. The van der Waals surface area contributed by atoms with E-state index in [-0.39, 0.29) is 12.3 Å². The van der Waals surface area contributed by atoms with Gasteiger partial charge in [-0.1, -0.05) is 96.8 Å². The zero-order valence-electron chi connectivity index (χ0n) is 20.7. The Balaban J connectivity index is 1.71. The molecule has 0 aromatic rings. The molecule has 4 heteroatoms. The molecular formula is C27H52O4. The van der Waals surface area contributed by atoms with E-state index in [0.29, 0.717) is 19.6 Å². The molecule has 1 aliphatic rings. The summed E-state index contributed by atoms with van der Waals surface area (Å²) in [6, 6.07) is 0. The van der Waals surface area contributed by atoms with E-state index in [9.17, 15) is 4.79 Å². The van der Waals surface area contributed by atoms with Gasteiger partial charge in [0.2, 0.25) is 0 Å². The first kappa shape index (κ1) is 28.4. The van der Waals surface area contributed by atoms with E-state index in [4.69, 9.17) is 14.2 Å². The van der Waals surface area contributed by atoms with Crippen LogP contribution in [0.2, 0.25) is 0 Å². The normalized spacial score (nSPS) is 16.5. The van der Waals surface area contributed by atoms with Gasteiger partial charge in [-0.3, -0.25) is 4.79 Å². The molecule has 0 bridgehead atoms. The Morgan fingerprint density at radius 3 is 1.81 bits per heavy atom. The zero-order valence-corrected chi connectivity index (χ0v) is 20.7. The average Bonchev–Trinajstić information content (AvgIpc) is 2.79. The topological polar surface area (TPSA) is 44.8 Å². The van der Waals surface area contributed by atoms with Crippen molar-refractivity contribution in [2.75, 3.05) is 19.8 Å². The maximum Gasteiger partial charge on any atom is 0.305 e. The van der Waals surface area contributed by atoms with Crippen molar-refractivity contribution < 1.29 is 19.0 Å². The maximum absolute atomic E-state index is 11.8. The Morgan fingerprint density at radius 1 is 0.710 bits per heavy atom. The number of rotatable bonds is 22. The summed E-state index contributed by atoms with van der Waals surface area (Å²) in [6.07, 6.45) is 25.9. The van der Waals surface area contributed by atoms with Crippen molar-refractivity contribution in [3.05, 3.63) is 0 Å². The van der Waals surface area contributed by atoms with Gasteiger partial charge in [0, 0.05) is 19.6 Å². The van der Waals surface area contributed by atoms with E-state index in [2.05, 4.69) is 6.92 Å². The van der Waals surface area contributed by atoms with Gasteiger partial charge in [-0.25, -0.2) is 0 Å². The summed E-state index contributed by atoms with van der Waals surface area (Å²) in [5.41, 5.74) is 0. The Bertz CT molecular complexity index is 379. The fourth-order valence-corrected chi connectivity index (χ4v) is 4.16. The van der Waals surface area contributed by atoms with Crippen molar-refractivity contribution in [1.29, 1.82) is 0 Å². The highest BCUT2D eigenvalue weighted by molar-refractivity contribution is 5.69. The van der Waals surface area contributed by atoms with Crippen LogP contribution in [0.3, 0.4) is 0 Å². The summed E-state index contributed by atoms with van der Waals surface area (Å²) < 4.78 is 16.5. The first-order chi connectivity index (χ1) is 15.3. The van der Waals surface area contributed by atoms with Crippen LogP contribution in [-0.2, 0) is 19.0 Å². The summed E-state index contributed by atoms with van der Waals surface area (Å²) in [7, 11) is 0. The summed E-state index contributed by atoms with van der Waals surface area (Å²) in [6.45, 7) is 4.32. The lowest BCUT2D eigenvalue weighted by Gasteiger charge is -2.22. The third kappa shape index (κ3) is 19.8. The SMILES string of the molecule is CCCCCCCCCCCCCCCCCC(=O)OCCCCOC1CCCCO1. The fraction of sp³-hybridized carbons (Fsp3) is 0.963. The van der Waals surface area contributed by atoms with Crippen LogP contribution in [0, 0.1) is 0 Å². The second-order valence-corrected chi connectivity index (χ2v) is 9.29. The van der Waals surface area contributed by atoms with Crippen LogP contribution in [0.25, 0.3) is 0 Å². The van der Waals surface area contributed by atoms with Gasteiger partial charge in [0.25, 0.3) is 0 Å². The van der Waals surface area contributed by atoms with Gasteiger partial charge in [0.15, 0.2) is 6.29 Å². The molecule has 1 heterocycles. The van der Waals surface area contributed by atoms with Crippen LogP contribution in [0.1, 0.15) is 142 Å². The first-order valence-corrected chi connectivity index (χ1v) is 13.7. The average molecular weight is 441 g/mol. The van der Waals surface area contributed by atoms with Crippen molar-refractivity contribution in [3.63, 3.8) is 0 Å². The van der Waals surface area contributed by atoms with Crippen molar-refractivity contribution in [3.8, 4) is 0 Å². The number of carbonyl (C=O) groups excluding carboxylic acids is 1. The van der Waals surface area contributed by atoms with Crippen LogP contribution in [0.15, 0.2) is 0 Å². The number of hydrogen-bond acceptors (Lipinski definition) is 4. The quantitative estimate of drug-likeness (QED) is 0.126. The summed E-state index contributed by atoms with van der Waals surface area (Å²) >= 11 is 0. The van der Waals surface area contributed by atoms with E-state index in [1.54, 1.807) is 0 Å². The molecule has 0 aromatic heterocycles. The summed E-state index contributed by atoms with van der Waals surface area (Å²) in [4.78, 5) is 11.8. The summed E-state index contributed by atoms with van der Waals surface area (Å²) in [5.74, 6) is -0.0359. The lowest BCUT2D eigenvalue weighted by atomic mass is 10.0. The van der Waals surface area contributed by atoms with E-state index in [1.807, 2.05) is 0 Å². The van der Waals surface area contributed by atoms with E-state index in [0.717, 1.165) is 45.1 Å². The Morgan fingerprint density at radius 2 is 1.26 bits per heavy atom. The molecule has 1 atom stereocenters. The number of ether oxygens (including phenoxy) is 3. The highest BCUT2D eigenvalue weighted by Gasteiger charge is 2.13. The van der Waals surface area contributed by atoms with Crippen LogP contribution in [0.5, 0.6) is 0 Å². The largest absolute Gasteiger partial charge is 0.466 e. The van der Waals surface area contributed by atoms with Gasteiger partial charge >= 0.3 is 5.97 Å². The summed E-state index contributed by atoms with van der Waals surface area (Å²) in [5, 5.41) is 0. The zero-order chi connectivity index (χ0) is 22.2. The molecule has 0 amide bonds. The first-order valence-electron chi connectivity index (χ1n) is 13.7. The molecule has 1 rings (SSSR count). The fourth-order valence-electron chi connectivity index (χ4n) is 4.16. The lowest BCUT2D eigenvalue weighted by Crippen LogP contribution is -2.22. The van der Waals surface area contributed by atoms with Crippen molar-refractivity contribution >= 4 is 5.97 Å². The molecule has 1 fully saturated rings. The standard InChI is InChI=1S/C27H52O4/c1-2-3-4-5-6-7-8-9-10-11-12-13-14-15-16-21-26(28)29-23-19-20-25-31-27-22-17-18-24-30-27/h27H,2-25H2,1H3. The molecule has 0 aromatic carbocycles. The minimum atomic E-state index is -0.0359. The predicted octanol–water partition coefficient (Wildman–Crippen LogP) is 8.11. The van der Waals surface area contributed by atoms with Gasteiger partial charge in [-0.15, -0.1) is 0 Å². The molecule has 1 aliphatic heterocycles. The van der Waals surface area contributed by atoms with Gasteiger partial charge in [-0.05, 0) is 38.5 Å². The molecule has 1 saturated heterocycles. The van der Waals surface area contributed by atoms with Crippen LogP contribution >= 0.6 is 0 Å². The molecule has 0 spiro atoms. The van der Waals surface area contributed by atoms with Crippen molar-refractivity contribution in [1.82, 2.24) is 0 Å². The molecule has 0 radical (unpaired) electrons. The molecule has 0 saturated carbocycles. The van der Waals surface area contributed by atoms with Gasteiger partial charge in [0.05, 0.1) is 6.61 Å². The maximum atomic E-state index is 11.8. The third-order valence-electron chi connectivity index (χ3n) is 6.23. The monoisotopic (exact) mass is 440 g/mol. The Labute approximate surface area is 193 Å². The molecular weight excluding hydrogens is 388 g/mol. The molecule has 31 heavy (non-hydrogen) atoms. The molecule has 0 N–H and O–H groups in total. The number of hydrogen-bond donors (Lipinski definition) is 0. The molecule has 184 valence electrons. The van der Waals surface area contributed by atoms with E-state index < -0.39 is 0 Å². The van der Waals surface area contributed by atoms with Crippen LogP contribution in [-0.4, -0.2) is 32.1 Å². The van der Waals surface area contributed by atoms with Gasteiger partial charge < -0.3 is 14.2 Å². The highest BCUT2D eigenvalue weighted by atomic mass is 16.7. The lowest BCUT2D eigenvalue weighted by molar-refractivity contribution is -0.163. The second-order valence-electron chi connectivity index (χ2n) is 9.29. The Kier molecular flexibility index (Phi) is 20.7. The van der Waals surface area contributed by atoms with Crippen LogP contribution < -0.4 is 0 Å². The molecule has 0 aliphatic carbocycles. The molecule has 4 nitrogen and oxygen atoms in total. The van der Waals surface area contributed by atoms with Crippen LogP contribution in [0.4, 0.5) is 0 Å². The van der Waals surface area contributed by atoms with Gasteiger partial charge in [0.1, 0.15) is 0 Å². The number of unbranched alkanes of at least 4 members (excludes halogenated alkanes) is 15. The van der Waals surface area contributed by atoms with E-state index in [1.165, 1.54) is 89.9 Å². The molecule has 1 unspecified atom stereocenters. The minimum Gasteiger partial charge on any atom is -0.466 e. The Hall–Kier alpha value is -0.610. The van der Waals surface area contributed by atoms with Gasteiger partial charge in [-0.2, -0.15) is 0 Å². The third-order valence-corrected chi connectivity index (χ3v) is 6.23. The smallest absolute Gasteiger partial charge is 0.305 e. The van der Waals surface area contributed by atoms with Crippen molar-refractivity contribution in [2.24, 2.45) is 0 Å². The highest BCUT2D eigenvalue weighted by Crippen LogP contribution is 2.15.